The summed E-state index contributed by atoms with van der Waals surface area (Å²) in [6, 6.07) is 0. The van der Waals surface area contributed by atoms with E-state index < -0.39 is 9.84 Å². The first-order chi connectivity index (χ1) is 4.56. The van der Waals surface area contributed by atoms with Crippen molar-refractivity contribution in [1.29, 1.82) is 0 Å². The van der Waals surface area contributed by atoms with Crippen LogP contribution in [0.1, 0.15) is 0 Å². The van der Waals surface area contributed by atoms with Gasteiger partial charge in [-0.05, 0) is 0 Å². The summed E-state index contributed by atoms with van der Waals surface area (Å²) in [4.78, 5) is 0. The van der Waals surface area contributed by atoms with Crippen LogP contribution < -0.4 is 5.73 Å². The molecule has 0 aliphatic carbocycles. The van der Waals surface area contributed by atoms with Gasteiger partial charge < -0.3 is 10.5 Å². The molecule has 0 aliphatic heterocycles. The van der Waals surface area contributed by atoms with E-state index in [0.717, 1.165) is 0 Å². The summed E-state index contributed by atoms with van der Waals surface area (Å²) in [5.74, 6) is 0.0764. The Labute approximate surface area is 73.4 Å². The van der Waals surface area contributed by atoms with Crippen molar-refractivity contribution in [2.45, 2.75) is 0 Å². The lowest BCUT2D eigenvalue weighted by Gasteiger charge is -1.99. The average Bonchev–Trinajstić information content (AvgIpc) is 1.78. The SMILES string of the molecule is CS(=O)(=O)CCOCCN.Cl. The van der Waals surface area contributed by atoms with Gasteiger partial charge in [0.15, 0.2) is 0 Å². The standard InChI is InChI=1S/C5H13NO3S.ClH/c1-10(7,8)5-4-9-3-2-6;/h2-6H2,1H3;1H. The summed E-state index contributed by atoms with van der Waals surface area (Å²) in [5.41, 5.74) is 5.10. The maximum Gasteiger partial charge on any atom is 0.149 e. The Hall–Kier alpha value is 0.160. The van der Waals surface area contributed by atoms with E-state index in [1.807, 2.05) is 0 Å². The molecule has 0 bridgehead atoms. The van der Waals surface area contributed by atoms with Crippen LogP contribution in [0.15, 0.2) is 0 Å². The zero-order valence-corrected chi connectivity index (χ0v) is 8.08. The smallest absolute Gasteiger partial charge is 0.149 e. The van der Waals surface area contributed by atoms with Crippen molar-refractivity contribution in [3.63, 3.8) is 0 Å². The van der Waals surface area contributed by atoms with Gasteiger partial charge in [0.05, 0.1) is 19.0 Å². The molecule has 0 fully saturated rings. The van der Waals surface area contributed by atoms with Crippen LogP contribution in [0.4, 0.5) is 0 Å². The van der Waals surface area contributed by atoms with E-state index in [9.17, 15) is 8.42 Å². The van der Waals surface area contributed by atoms with Crippen LogP contribution in [0.3, 0.4) is 0 Å². The summed E-state index contributed by atoms with van der Waals surface area (Å²) in [7, 11) is -2.87. The van der Waals surface area contributed by atoms with Gasteiger partial charge in [-0.15, -0.1) is 12.4 Å². The van der Waals surface area contributed by atoms with E-state index in [1.54, 1.807) is 0 Å². The van der Waals surface area contributed by atoms with Crippen molar-refractivity contribution in [3.8, 4) is 0 Å². The molecular formula is C5H14ClNO3S. The summed E-state index contributed by atoms with van der Waals surface area (Å²) < 4.78 is 25.8. The van der Waals surface area contributed by atoms with Crippen molar-refractivity contribution >= 4 is 22.2 Å². The highest BCUT2D eigenvalue weighted by atomic mass is 35.5. The van der Waals surface area contributed by atoms with E-state index in [-0.39, 0.29) is 24.8 Å². The Morgan fingerprint density at radius 1 is 1.36 bits per heavy atom. The van der Waals surface area contributed by atoms with Crippen LogP contribution in [0.25, 0.3) is 0 Å². The second-order valence-corrected chi connectivity index (χ2v) is 4.29. The molecule has 0 amide bonds. The maximum atomic E-state index is 10.5. The van der Waals surface area contributed by atoms with Crippen LogP contribution in [-0.4, -0.2) is 40.2 Å². The molecule has 0 aromatic rings. The quantitative estimate of drug-likeness (QED) is 0.608. The van der Waals surface area contributed by atoms with Crippen LogP contribution in [0.2, 0.25) is 0 Å². The minimum atomic E-state index is -2.87. The van der Waals surface area contributed by atoms with E-state index in [4.69, 9.17) is 10.5 Å². The summed E-state index contributed by atoms with van der Waals surface area (Å²) in [6.45, 7) is 1.11. The Morgan fingerprint density at radius 2 is 1.91 bits per heavy atom. The minimum Gasteiger partial charge on any atom is -0.379 e. The fraction of sp³-hybridized carbons (Fsp3) is 1.00. The van der Waals surface area contributed by atoms with Crippen molar-refractivity contribution in [2.75, 3.05) is 31.8 Å². The van der Waals surface area contributed by atoms with Gasteiger partial charge in [0, 0.05) is 12.8 Å². The number of ether oxygens (including phenoxy) is 1. The average molecular weight is 204 g/mol. The summed E-state index contributed by atoms with van der Waals surface area (Å²) in [5, 5.41) is 0. The highest BCUT2D eigenvalue weighted by Crippen LogP contribution is 1.82. The van der Waals surface area contributed by atoms with Gasteiger partial charge in [-0.1, -0.05) is 0 Å². The number of sulfone groups is 1. The van der Waals surface area contributed by atoms with Gasteiger partial charge in [0.25, 0.3) is 0 Å². The molecule has 0 aliphatic rings. The second-order valence-electron chi connectivity index (χ2n) is 2.03. The van der Waals surface area contributed by atoms with Gasteiger partial charge in [0.1, 0.15) is 9.84 Å². The zero-order valence-electron chi connectivity index (χ0n) is 6.45. The molecule has 2 N–H and O–H groups in total. The molecular weight excluding hydrogens is 190 g/mol. The lowest BCUT2D eigenvalue weighted by molar-refractivity contribution is 0.157. The summed E-state index contributed by atoms with van der Waals surface area (Å²) >= 11 is 0. The van der Waals surface area contributed by atoms with Gasteiger partial charge >= 0.3 is 0 Å². The highest BCUT2D eigenvalue weighted by Gasteiger charge is 1.99. The van der Waals surface area contributed by atoms with Gasteiger partial charge in [-0.2, -0.15) is 0 Å². The normalized spacial score (nSPS) is 10.7. The van der Waals surface area contributed by atoms with E-state index in [2.05, 4.69) is 0 Å². The van der Waals surface area contributed by atoms with E-state index >= 15 is 0 Å². The van der Waals surface area contributed by atoms with Crippen LogP contribution in [0.5, 0.6) is 0 Å². The van der Waals surface area contributed by atoms with Crippen molar-refractivity contribution in [3.05, 3.63) is 0 Å². The number of hydrogen-bond donors (Lipinski definition) is 1. The third-order valence-electron chi connectivity index (χ3n) is 0.861. The van der Waals surface area contributed by atoms with E-state index in [1.165, 1.54) is 6.26 Å². The first-order valence-corrected chi connectivity index (χ1v) is 5.08. The molecule has 4 nitrogen and oxygen atoms in total. The third-order valence-corrected chi connectivity index (χ3v) is 1.77. The van der Waals surface area contributed by atoms with Gasteiger partial charge in [0.2, 0.25) is 0 Å². The number of hydrogen-bond acceptors (Lipinski definition) is 4. The first-order valence-electron chi connectivity index (χ1n) is 3.02. The molecule has 0 heterocycles. The molecule has 0 aromatic heterocycles. The van der Waals surface area contributed by atoms with Gasteiger partial charge in [-0.25, -0.2) is 8.42 Å². The molecule has 0 unspecified atom stereocenters. The molecule has 6 heteroatoms. The molecule has 11 heavy (non-hydrogen) atoms. The molecule has 0 radical (unpaired) electrons. The Balaban J connectivity index is 0. The van der Waals surface area contributed by atoms with Crippen molar-refractivity contribution < 1.29 is 13.2 Å². The second kappa shape index (κ2) is 6.84. The summed E-state index contributed by atoms with van der Waals surface area (Å²) in [6.07, 6.45) is 1.18. The molecule has 0 atom stereocenters. The zero-order chi connectivity index (χ0) is 8.04. The van der Waals surface area contributed by atoms with Crippen molar-refractivity contribution in [2.24, 2.45) is 5.73 Å². The minimum absolute atomic E-state index is 0. The number of nitrogens with two attached hydrogens (primary N) is 1. The van der Waals surface area contributed by atoms with Crippen molar-refractivity contribution in [1.82, 2.24) is 0 Å². The fourth-order valence-electron chi connectivity index (χ4n) is 0.396. The predicted octanol–water partition coefficient (Wildman–Crippen LogP) is -0.572. The largest absolute Gasteiger partial charge is 0.379 e. The van der Waals surface area contributed by atoms with Crippen LogP contribution in [-0.2, 0) is 14.6 Å². The number of halogens is 1. The topological polar surface area (TPSA) is 69.4 Å². The Morgan fingerprint density at radius 3 is 2.27 bits per heavy atom. The predicted molar refractivity (Wildman–Crippen MR) is 46.8 cm³/mol. The highest BCUT2D eigenvalue weighted by molar-refractivity contribution is 7.90. The maximum absolute atomic E-state index is 10.5. The van der Waals surface area contributed by atoms with Crippen LogP contribution in [0, 0.1) is 0 Å². The van der Waals surface area contributed by atoms with Gasteiger partial charge in [-0.3, -0.25) is 0 Å². The lowest BCUT2D eigenvalue weighted by atomic mass is 10.7. The number of rotatable bonds is 5. The molecule has 0 rings (SSSR count). The Bertz CT molecular complexity index is 169. The first kappa shape index (κ1) is 13.7. The monoisotopic (exact) mass is 203 g/mol. The fourth-order valence-corrected chi connectivity index (χ4v) is 0.816. The van der Waals surface area contributed by atoms with E-state index in [0.29, 0.717) is 13.2 Å². The molecule has 0 aromatic carbocycles. The molecule has 0 saturated carbocycles. The molecule has 0 saturated heterocycles. The third kappa shape index (κ3) is 13.2. The Kier molecular flexibility index (Phi) is 8.54. The molecule has 0 spiro atoms. The van der Waals surface area contributed by atoms with Crippen LogP contribution >= 0.6 is 12.4 Å². The molecule has 70 valence electrons. The lowest BCUT2D eigenvalue weighted by Crippen LogP contribution is -2.14.